The van der Waals surface area contributed by atoms with Crippen molar-refractivity contribution in [3.8, 4) is 0 Å². The lowest BCUT2D eigenvalue weighted by molar-refractivity contribution is -0.136. The minimum Gasteiger partial charge on any atom is -0.481 e. The first-order valence-corrected chi connectivity index (χ1v) is 8.01. The normalized spacial score (nSPS) is 19.7. The monoisotopic (exact) mass is 336 g/mol. The highest BCUT2D eigenvalue weighted by Gasteiger charge is 2.44. The van der Waals surface area contributed by atoms with Crippen LogP contribution in [0.5, 0.6) is 0 Å². The summed E-state index contributed by atoms with van der Waals surface area (Å²) in [4.78, 5) is 26.9. The van der Waals surface area contributed by atoms with Crippen molar-refractivity contribution < 1.29 is 14.7 Å². The smallest absolute Gasteiger partial charge is 0.309 e. The lowest BCUT2D eigenvalue weighted by Gasteiger charge is -2.02. The van der Waals surface area contributed by atoms with E-state index in [9.17, 15) is 9.59 Å². The van der Waals surface area contributed by atoms with Gasteiger partial charge < -0.3 is 10.4 Å². The number of nitrogens with one attached hydrogen (secondary N) is 1. The third-order valence-corrected chi connectivity index (χ3v) is 4.56. The quantitative estimate of drug-likeness (QED) is 0.879. The average Bonchev–Trinajstić information content (AvgIpc) is 3.15. The average molecular weight is 337 g/mol. The number of carboxylic acids is 1. The summed E-state index contributed by atoms with van der Waals surface area (Å²) >= 11 is 7.20. The van der Waals surface area contributed by atoms with Gasteiger partial charge in [0.25, 0.3) is 0 Å². The van der Waals surface area contributed by atoms with E-state index in [1.54, 1.807) is 5.38 Å². The van der Waals surface area contributed by atoms with Crippen molar-refractivity contribution in [2.24, 2.45) is 5.92 Å². The maximum atomic E-state index is 12.2. The molecule has 0 aliphatic heterocycles. The summed E-state index contributed by atoms with van der Waals surface area (Å²) in [6, 6.07) is 7.54. The van der Waals surface area contributed by atoms with E-state index in [0.717, 1.165) is 12.0 Å². The van der Waals surface area contributed by atoms with Gasteiger partial charge in [-0.3, -0.25) is 9.59 Å². The Kier molecular flexibility index (Phi) is 4.13. The molecule has 2 aromatic rings. The maximum Gasteiger partial charge on any atom is 0.309 e. The minimum atomic E-state index is -0.939. The second kappa shape index (κ2) is 6.06. The summed E-state index contributed by atoms with van der Waals surface area (Å²) in [5, 5.41) is 14.2. The Hall–Kier alpha value is -1.92. The molecule has 1 aromatic carbocycles. The van der Waals surface area contributed by atoms with Crippen LogP contribution in [-0.4, -0.2) is 22.0 Å². The zero-order valence-electron chi connectivity index (χ0n) is 11.5. The number of carboxylic acid groups (broad SMARTS) is 1. The second-order valence-electron chi connectivity index (χ2n) is 5.21. The van der Waals surface area contributed by atoms with Crippen molar-refractivity contribution in [2.75, 3.05) is 5.32 Å². The fourth-order valence-electron chi connectivity index (χ4n) is 2.39. The summed E-state index contributed by atoms with van der Waals surface area (Å²) in [6.07, 6.45) is 0.653. The topological polar surface area (TPSA) is 79.3 Å². The molecule has 1 fully saturated rings. The van der Waals surface area contributed by atoms with Crippen molar-refractivity contribution in [1.82, 2.24) is 4.98 Å². The van der Waals surface area contributed by atoms with Gasteiger partial charge in [0.15, 0.2) is 5.13 Å². The first kappa shape index (κ1) is 15.0. The van der Waals surface area contributed by atoms with Gasteiger partial charge in [0.1, 0.15) is 0 Å². The van der Waals surface area contributed by atoms with Gasteiger partial charge in [-0.25, -0.2) is 4.98 Å². The van der Waals surface area contributed by atoms with Crippen molar-refractivity contribution in [3.63, 3.8) is 0 Å². The summed E-state index contributed by atoms with van der Waals surface area (Å²) in [6.45, 7) is 0. The number of anilines is 1. The molecular formula is C15H13ClN2O3S. The first-order chi connectivity index (χ1) is 10.5. The number of thiazole rings is 1. The molecule has 0 spiro atoms. The van der Waals surface area contributed by atoms with Crippen LogP contribution < -0.4 is 5.32 Å². The molecule has 114 valence electrons. The predicted molar refractivity (Wildman–Crippen MR) is 84.4 cm³/mol. The molecule has 0 saturated heterocycles. The van der Waals surface area contributed by atoms with Crippen LogP contribution in [0, 0.1) is 5.92 Å². The van der Waals surface area contributed by atoms with E-state index in [-0.39, 0.29) is 24.2 Å². The number of rotatable bonds is 5. The number of hydrogen-bond acceptors (Lipinski definition) is 4. The molecule has 2 atom stereocenters. The van der Waals surface area contributed by atoms with Gasteiger partial charge in [-0.2, -0.15) is 0 Å². The molecule has 1 aromatic heterocycles. The SMILES string of the molecule is O=C(O)Cc1csc(NC(=O)[C@@H]2C[C@@H]2c2cccc(Cl)c2)n1. The summed E-state index contributed by atoms with van der Waals surface area (Å²) in [7, 11) is 0. The maximum absolute atomic E-state index is 12.2. The molecule has 1 heterocycles. The lowest BCUT2D eigenvalue weighted by atomic mass is 10.1. The Bertz CT molecular complexity index is 731. The molecule has 0 unspecified atom stereocenters. The number of carbonyl (C=O) groups is 2. The Morgan fingerprint density at radius 2 is 2.27 bits per heavy atom. The Labute approximate surface area is 136 Å². The van der Waals surface area contributed by atoms with E-state index in [1.165, 1.54) is 11.3 Å². The molecule has 3 rings (SSSR count). The van der Waals surface area contributed by atoms with Gasteiger partial charge in [-0.1, -0.05) is 23.7 Å². The van der Waals surface area contributed by atoms with E-state index in [2.05, 4.69) is 10.3 Å². The van der Waals surface area contributed by atoms with Crippen LogP contribution in [0.25, 0.3) is 0 Å². The molecule has 7 heteroatoms. The van der Waals surface area contributed by atoms with Crippen LogP contribution in [0.15, 0.2) is 29.6 Å². The Morgan fingerprint density at radius 3 is 3.00 bits per heavy atom. The van der Waals surface area contributed by atoms with Crippen molar-refractivity contribution in [1.29, 1.82) is 0 Å². The van der Waals surface area contributed by atoms with Gasteiger partial charge >= 0.3 is 5.97 Å². The van der Waals surface area contributed by atoms with Gasteiger partial charge in [0.2, 0.25) is 5.91 Å². The summed E-state index contributed by atoms with van der Waals surface area (Å²) in [5.74, 6) is -0.907. The Balaban J connectivity index is 1.59. The fourth-order valence-corrected chi connectivity index (χ4v) is 3.30. The highest BCUT2D eigenvalue weighted by Crippen LogP contribution is 2.48. The molecule has 22 heavy (non-hydrogen) atoms. The molecule has 1 aliphatic rings. The van der Waals surface area contributed by atoms with Crippen LogP contribution in [-0.2, 0) is 16.0 Å². The van der Waals surface area contributed by atoms with Gasteiger partial charge in [-0.15, -0.1) is 11.3 Å². The van der Waals surface area contributed by atoms with Crippen LogP contribution in [0.1, 0.15) is 23.6 Å². The lowest BCUT2D eigenvalue weighted by Crippen LogP contribution is -2.14. The number of nitrogens with zero attached hydrogens (tertiary/aromatic N) is 1. The second-order valence-corrected chi connectivity index (χ2v) is 6.50. The van der Waals surface area contributed by atoms with E-state index < -0.39 is 5.97 Å². The van der Waals surface area contributed by atoms with Gasteiger partial charge in [0.05, 0.1) is 12.1 Å². The minimum absolute atomic E-state index is 0.0784. The van der Waals surface area contributed by atoms with Crippen LogP contribution >= 0.6 is 22.9 Å². The van der Waals surface area contributed by atoms with E-state index >= 15 is 0 Å². The molecule has 1 aliphatic carbocycles. The number of aliphatic carboxylic acids is 1. The van der Waals surface area contributed by atoms with Crippen LogP contribution in [0.2, 0.25) is 5.02 Å². The van der Waals surface area contributed by atoms with Crippen molar-refractivity contribution in [3.05, 3.63) is 45.9 Å². The molecule has 1 amide bonds. The van der Waals surface area contributed by atoms with Crippen LogP contribution in [0.3, 0.4) is 0 Å². The molecule has 0 radical (unpaired) electrons. The van der Waals surface area contributed by atoms with Crippen LogP contribution in [0.4, 0.5) is 5.13 Å². The number of halogens is 1. The standard InChI is InChI=1S/C15H13ClN2O3S/c16-9-3-1-2-8(4-9)11-6-12(11)14(21)18-15-17-10(7-22-15)5-13(19)20/h1-4,7,11-12H,5-6H2,(H,19,20)(H,17,18,21)/t11-,12-/m1/s1. The van der Waals surface area contributed by atoms with Crippen molar-refractivity contribution >= 4 is 39.9 Å². The number of aromatic nitrogens is 1. The highest BCUT2D eigenvalue weighted by atomic mass is 35.5. The molecular weight excluding hydrogens is 324 g/mol. The third kappa shape index (κ3) is 3.45. The van der Waals surface area contributed by atoms with E-state index in [0.29, 0.717) is 15.8 Å². The Morgan fingerprint density at radius 1 is 1.45 bits per heavy atom. The third-order valence-electron chi connectivity index (χ3n) is 3.52. The van der Waals surface area contributed by atoms with E-state index in [4.69, 9.17) is 16.7 Å². The summed E-state index contributed by atoms with van der Waals surface area (Å²) < 4.78 is 0. The first-order valence-electron chi connectivity index (χ1n) is 6.75. The number of carbonyl (C=O) groups excluding carboxylic acids is 1. The summed E-state index contributed by atoms with van der Waals surface area (Å²) in [5.41, 5.74) is 1.52. The number of benzene rings is 1. The molecule has 0 bridgehead atoms. The van der Waals surface area contributed by atoms with Gasteiger partial charge in [-0.05, 0) is 30.0 Å². The molecule has 2 N–H and O–H groups in total. The number of amides is 1. The zero-order chi connectivity index (χ0) is 15.7. The largest absolute Gasteiger partial charge is 0.481 e. The highest BCUT2D eigenvalue weighted by molar-refractivity contribution is 7.13. The molecule has 5 nitrogen and oxygen atoms in total. The predicted octanol–water partition coefficient (Wildman–Crippen LogP) is 3.17. The fraction of sp³-hybridized carbons (Fsp3) is 0.267. The number of hydrogen-bond donors (Lipinski definition) is 2. The van der Waals surface area contributed by atoms with E-state index in [1.807, 2.05) is 24.3 Å². The molecule has 1 saturated carbocycles. The zero-order valence-corrected chi connectivity index (χ0v) is 13.0. The van der Waals surface area contributed by atoms with Crippen molar-refractivity contribution in [2.45, 2.75) is 18.8 Å². The van der Waals surface area contributed by atoms with Gasteiger partial charge in [0, 0.05) is 16.3 Å².